The van der Waals surface area contributed by atoms with E-state index in [1.165, 1.54) is 4.90 Å². The number of halogens is 1. The van der Waals surface area contributed by atoms with Crippen molar-refractivity contribution in [1.82, 2.24) is 4.90 Å². The average Bonchev–Trinajstić information content (AvgIpc) is 2.74. The molecule has 0 saturated carbocycles. The van der Waals surface area contributed by atoms with Gasteiger partial charge >= 0.3 is 0 Å². The van der Waals surface area contributed by atoms with E-state index in [-0.39, 0.29) is 18.9 Å². The highest BCUT2D eigenvalue weighted by Gasteiger charge is 2.38. The zero-order valence-corrected chi connectivity index (χ0v) is 12.1. The van der Waals surface area contributed by atoms with Gasteiger partial charge in [0, 0.05) is 17.4 Å². The highest BCUT2D eigenvalue weighted by molar-refractivity contribution is 9.10. The summed E-state index contributed by atoms with van der Waals surface area (Å²) in [4.78, 5) is 25.1. The predicted molar refractivity (Wildman–Crippen MR) is 73.5 cm³/mol. The summed E-state index contributed by atoms with van der Waals surface area (Å²) in [5.41, 5.74) is 6.68. The summed E-state index contributed by atoms with van der Waals surface area (Å²) >= 11 is 3.37. The van der Waals surface area contributed by atoms with E-state index in [1.54, 1.807) is 12.1 Å². The summed E-state index contributed by atoms with van der Waals surface area (Å²) in [6.45, 7) is 2.01. The van der Waals surface area contributed by atoms with Gasteiger partial charge in [-0.3, -0.25) is 9.59 Å². The second-order valence-electron chi connectivity index (χ2n) is 4.70. The first-order valence-electron chi connectivity index (χ1n) is 5.95. The predicted octanol–water partition coefficient (Wildman–Crippen LogP) is 0.818. The van der Waals surface area contributed by atoms with Crippen molar-refractivity contribution in [2.24, 2.45) is 5.73 Å². The zero-order valence-electron chi connectivity index (χ0n) is 10.5. The van der Waals surface area contributed by atoms with Gasteiger partial charge in [0.25, 0.3) is 5.91 Å². The number of nitrogens with two attached hydrogens (primary N) is 1. The molecule has 5 nitrogen and oxygen atoms in total. The number of aryl methyl sites for hydroxylation is 1. The lowest BCUT2D eigenvalue weighted by molar-refractivity contribution is -0.121. The van der Waals surface area contributed by atoms with Gasteiger partial charge in [0.2, 0.25) is 5.91 Å². The molecule has 2 atom stereocenters. The van der Waals surface area contributed by atoms with Gasteiger partial charge in [0.1, 0.15) is 6.04 Å². The summed E-state index contributed by atoms with van der Waals surface area (Å²) in [5.74, 6) is -0.885. The Hall–Kier alpha value is -1.40. The fourth-order valence-electron chi connectivity index (χ4n) is 2.28. The summed E-state index contributed by atoms with van der Waals surface area (Å²) in [6.07, 6.45) is -0.505. The topological polar surface area (TPSA) is 83.6 Å². The minimum Gasteiger partial charge on any atom is -0.391 e. The average molecular weight is 327 g/mol. The smallest absolute Gasteiger partial charge is 0.255 e. The van der Waals surface area contributed by atoms with Gasteiger partial charge < -0.3 is 15.7 Å². The van der Waals surface area contributed by atoms with Crippen molar-refractivity contribution in [3.05, 3.63) is 33.8 Å². The number of amides is 2. The molecule has 0 radical (unpaired) electrons. The first kappa shape index (κ1) is 14.0. The van der Waals surface area contributed by atoms with Crippen molar-refractivity contribution >= 4 is 27.7 Å². The molecule has 1 saturated heterocycles. The van der Waals surface area contributed by atoms with Crippen molar-refractivity contribution in [3.63, 3.8) is 0 Å². The third kappa shape index (κ3) is 2.64. The number of likely N-dealkylation sites (tertiary alicyclic amines) is 1. The van der Waals surface area contributed by atoms with Gasteiger partial charge in [-0.1, -0.05) is 12.1 Å². The molecule has 2 amide bonds. The number of nitrogens with zero attached hydrogens (tertiary/aromatic N) is 1. The SMILES string of the molecule is Cc1cccc(C(=O)N2CC(O)CC2C(N)=O)c1Br. The van der Waals surface area contributed by atoms with Gasteiger partial charge in [0.15, 0.2) is 0 Å². The molecule has 19 heavy (non-hydrogen) atoms. The molecule has 0 aromatic heterocycles. The Morgan fingerprint density at radius 3 is 2.79 bits per heavy atom. The number of rotatable bonds is 2. The molecule has 0 spiro atoms. The maximum absolute atomic E-state index is 12.5. The van der Waals surface area contributed by atoms with Crippen LogP contribution in [-0.2, 0) is 4.79 Å². The minimum atomic E-state index is -0.741. The second-order valence-corrected chi connectivity index (χ2v) is 5.49. The second kappa shape index (κ2) is 5.30. The number of primary amides is 1. The normalized spacial score (nSPS) is 22.6. The number of hydrogen-bond acceptors (Lipinski definition) is 3. The van der Waals surface area contributed by atoms with Crippen LogP contribution in [0.1, 0.15) is 22.3 Å². The van der Waals surface area contributed by atoms with Gasteiger partial charge in [0.05, 0.1) is 11.7 Å². The number of benzene rings is 1. The monoisotopic (exact) mass is 326 g/mol. The quantitative estimate of drug-likeness (QED) is 0.843. The van der Waals surface area contributed by atoms with Crippen LogP contribution < -0.4 is 5.73 Å². The van der Waals surface area contributed by atoms with Crippen LogP contribution in [0.25, 0.3) is 0 Å². The molecule has 1 aliphatic rings. The van der Waals surface area contributed by atoms with Crippen molar-refractivity contribution in [2.75, 3.05) is 6.54 Å². The van der Waals surface area contributed by atoms with E-state index < -0.39 is 18.1 Å². The lowest BCUT2D eigenvalue weighted by atomic mass is 10.1. The number of aliphatic hydroxyl groups is 1. The van der Waals surface area contributed by atoms with Crippen molar-refractivity contribution in [1.29, 1.82) is 0 Å². The Balaban J connectivity index is 2.33. The Bertz CT molecular complexity index is 533. The number of β-amino-alcohol motifs (C(OH)–C–C–N with tert-alkyl or cyclic N) is 1. The first-order chi connectivity index (χ1) is 8.91. The van der Waals surface area contributed by atoms with E-state index in [2.05, 4.69) is 15.9 Å². The molecule has 1 aliphatic heterocycles. The van der Waals surface area contributed by atoms with Crippen LogP contribution in [0.3, 0.4) is 0 Å². The summed E-state index contributed by atoms with van der Waals surface area (Å²) in [5, 5.41) is 9.63. The first-order valence-corrected chi connectivity index (χ1v) is 6.74. The standard InChI is InChI=1S/C13H15BrN2O3/c1-7-3-2-4-9(11(7)14)13(19)16-6-8(17)5-10(16)12(15)18/h2-4,8,10,17H,5-6H2,1H3,(H2,15,18). The van der Waals surface area contributed by atoms with Crippen LogP contribution >= 0.6 is 15.9 Å². The summed E-state index contributed by atoms with van der Waals surface area (Å²) in [7, 11) is 0. The third-order valence-corrected chi connectivity index (χ3v) is 4.34. The number of hydrogen-bond donors (Lipinski definition) is 2. The molecule has 1 aromatic rings. The van der Waals surface area contributed by atoms with E-state index in [0.717, 1.165) is 5.56 Å². The zero-order chi connectivity index (χ0) is 14.2. The fourth-order valence-corrected chi connectivity index (χ4v) is 2.71. The maximum atomic E-state index is 12.5. The molecule has 1 heterocycles. The molecule has 0 bridgehead atoms. The Morgan fingerprint density at radius 1 is 1.47 bits per heavy atom. The third-order valence-electron chi connectivity index (χ3n) is 3.29. The van der Waals surface area contributed by atoms with Crippen LogP contribution in [-0.4, -0.2) is 40.5 Å². The van der Waals surface area contributed by atoms with Crippen LogP contribution in [0.4, 0.5) is 0 Å². The Labute approximate surface area is 119 Å². The summed E-state index contributed by atoms with van der Waals surface area (Å²) < 4.78 is 0.699. The van der Waals surface area contributed by atoms with Gasteiger partial charge in [-0.15, -0.1) is 0 Å². The molecule has 3 N–H and O–H groups in total. The number of aliphatic hydroxyl groups excluding tert-OH is 1. The summed E-state index contributed by atoms with van der Waals surface area (Å²) in [6, 6.07) is 4.60. The van der Waals surface area contributed by atoms with Crippen LogP contribution in [0.5, 0.6) is 0 Å². The molecule has 2 rings (SSSR count). The molecule has 0 aliphatic carbocycles. The lowest BCUT2D eigenvalue weighted by Gasteiger charge is -2.22. The van der Waals surface area contributed by atoms with E-state index in [0.29, 0.717) is 10.0 Å². The molecule has 1 fully saturated rings. The highest BCUT2D eigenvalue weighted by Crippen LogP contribution is 2.26. The fraction of sp³-hybridized carbons (Fsp3) is 0.385. The van der Waals surface area contributed by atoms with Crippen LogP contribution in [0.2, 0.25) is 0 Å². The lowest BCUT2D eigenvalue weighted by Crippen LogP contribution is -2.43. The molecule has 6 heteroatoms. The van der Waals surface area contributed by atoms with Crippen molar-refractivity contribution in [3.8, 4) is 0 Å². The minimum absolute atomic E-state index is 0.132. The molecular weight excluding hydrogens is 312 g/mol. The maximum Gasteiger partial charge on any atom is 0.255 e. The van der Waals surface area contributed by atoms with Crippen LogP contribution in [0.15, 0.2) is 22.7 Å². The van der Waals surface area contributed by atoms with E-state index in [4.69, 9.17) is 5.73 Å². The Morgan fingerprint density at radius 2 is 2.16 bits per heavy atom. The van der Waals surface area contributed by atoms with Crippen LogP contribution in [0, 0.1) is 6.92 Å². The van der Waals surface area contributed by atoms with Crippen molar-refractivity contribution in [2.45, 2.75) is 25.5 Å². The van der Waals surface area contributed by atoms with Gasteiger partial charge in [-0.25, -0.2) is 0 Å². The van der Waals surface area contributed by atoms with Crippen molar-refractivity contribution < 1.29 is 14.7 Å². The highest BCUT2D eigenvalue weighted by atomic mass is 79.9. The molecule has 102 valence electrons. The van der Waals surface area contributed by atoms with Gasteiger partial charge in [-0.2, -0.15) is 0 Å². The molecular formula is C13H15BrN2O3. The number of carbonyl (C=O) groups is 2. The Kier molecular flexibility index (Phi) is 3.91. The van der Waals surface area contributed by atoms with E-state index in [1.807, 2.05) is 13.0 Å². The van der Waals surface area contributed by atoms with E-state index >= 15 is 0 Å². The van der Waals surface area contributed by atoms with Gasteiger partial charge in [-0.05, 0) is 34.5 Å². The molecule has 2 unspecified atom stereocenters. The van der Waals surface area contributed by atoms with E-state index in [9.17, 15) is 14.7 Å². The largest absolute Gasteiger partial charge is 0.391 e. The molecule has 1 aromatic carbocycles. The number of carbonyl (C=O) groups excluding carboxylic acids is 2.